The standard InChI is InChI=1S/C11H15N3O2/c12-9-7-8-3-1-4-13-10(8)14(11(9)16)5-2-6-15/h1,3-4,9,15H,2,5-7,12H2. The minimum atomic E-state index is -0.490. The van der Waals surface area contributed by atoms with Crippen LogP contribution in [-0.4, -0.2) is 35.2 Å². The number of pyridine rings is 1. The maximum absolute atomic E-state index is 11.9. The molecule has 1 atom stereocenters. The van der Waals surface area contributed by atoms with Crippen LogP contribution < -0.4 is 10.6 Å². The van der Waals surface area contributed by atoms with Crippen LogP contribution in [0.15, 0.2) is 18.3 Å². The molecule has 0 saturated heterocycles. The lowest BCUT2D eigenvalue weighted by Gasteiger charge is -2.31. The Morgan fingerprint density at radius 1 is 1.62 bits per heavy atom. The van der Waals surface area contributed by atoms with Crippen molar-refractivity contribution >= 4 is 11.7 Å². The Bertz CT molecular complexity index is 395. The van der Waals surface area contributed by atoms with Crippen LogP contribution in [0.2, 0.25) is 0 Å². The molecule has 1 aliphatic heterocycles. The number of nitrogens with zero attached hydrogens (tertiary/aromatic N) is 2. The van der Waals surface area contributed by atoms with Gasteiger partial charge in [0.05, 0.1) is 6.04 Å². The number of aliphatic hydroxyl groups excluding tert-OH is 1. The highest BCUT2D eigenvalue weighted by Crippen LogP contribution is 2.24. The van der Waals surface area contributed by atoms with Crippen molar-refractivity contribution < 1.29 is 9.90 Å². The van der Waals surface area contributed by atoms with Crippen LogP contribution in [0, 0.1) is 0 Å². The first kappa shape index (κ1) is 11.0. The lowest BCUT2D eigenvalue weighted by molar-refractivity contribution is -0.120. The Morgan fingerprint density at radius 3 is 3.19 bits per heavy atom. The molecular weight excluding hydrogens is 206 g/mol. The molecule has 3 N–H and O–H groups in total. The zero-order chi connectivity index (χ0) is 11.5. The predicted octanol–water partition coefficient (Wildman–Crippen LogP) is -0.320. The van der Waals surface area contributed by atoms with Gasteiger partial charge in [0.1, 0.15) is 5.82 Å². The van der Waals surface area contributed by atoms with E-state index in [-0.39, 0.29) is 12.5 Å². The zero-order valence-electron chi connectivity index (χ0n) is 8.97. The second-order valence-electron chi connectivity index (χ2n) is 3.86. The molecule has 0 saturated carbocycles. The molecule has 5 heteroatoms. The first-order chi connectivity index (χ1) is 7.74. The number of hydrogen-bond donors (Lipinski definition) is 2. The minimum absolute atomic E-state index is 0.0567. The van der Waals surface area contributed by atoms with Crippen LogP contribution in [0.1, 0.15) is 12.0 Å². The van der Waals surface area contributed by atoms with E-state index >= 15 is 0 Å². The first-order valence-corrected chi connectivity index (χ1v) is 5.35. The van der Waals surface area contributed by atoms with E-state index in [1.807, 2.05) is 12.1 Å². The molecule has 16 heavy (non-hydrogen) atoms. The Morgan fingerprint density at radius 2 is 2.44 bits per heavy atom. The quantitative estimate of drug-likeness (QED) is 0.733. The van der Waals surface area contributed by atoms with Crippen LogP contribution in [-0.2, 0) is 11.2 Å². The topological polar surface area (TPSA) is 79.4 Å². The monoisotopic (exact) mass is 221 g/mol. The van der Waals surface area contributed by atoms with Crippen LogP contribution in [0.3, 0.4) is 0 Å². The van der Waals surface area contributed by atoms with E-state index in [4.69, 9.17) is 10.8 Å². The van der Waals surface area contributed by atoms with Gasteiger partial charge in [0.2, 0.25) is 5.91 Å². The smallest absolute Gasteiger partial charge is 0.245 e. The van der Waals surface area contributed by atoms with Crippen molar-refractivity contribution in [3.8, 4) is 0 Å². The predicted molar refractivity (Wildman–Crippen MR) is 60.0 cm³/mol. The van der Waals surface area contributed by atoms with Crippen LogP contribution in [0.4, 0.5) is 5.82 Å². The number of carbonyl (C=O) groups excluding carboxylic acids is 1. The summed E-state index contributed by atoms with van der Waals surface area (Å²) in [6.45, 7) is 0.522. The Labute approximate surface area is 93.9 Å². The average molecular weight is 221 g/mol. The van der Waals surface area contributed by atoms with E-state index in [0.717, 1.165) is 5.56 Å². The van der Waals surface area contributed by atoms with Gasteiger partial charge in [-0.05, 0) is 18.1 Å². The fraction of sp³-hybridized carbons (Fsp3) is 0.455. The molecule has 1 aromatic rings. The molecule has 0 aromatic carbocycles. The SMILES string of the molecule is NC1Cc2cccnc2N(CCCO)C1=O. The lowest BCUT2D eigenvalue weighted by Crippen LogP contribution is -2.49. The Hall–Kier alpha value is -1.46. The van der Waals surface area contributed by atoms with E-state index in [1.165, 1.54) is 0 Å². The number of carbonyl (C=O) groups is 1. The maximum Gasteiger partial charge on any atom is 0.245 e. The van der Waals surface area contributed by atoms with Crippen molar-refractivity contribution in [1.82, 2.24) is 4.98 Å². The molecule has 0 bridgehead atoms. The van der Waals surface area contributed by atoms with E-state index in [0.29, 0.717) is 25.2 Å². The zero-order valence-corrected chi connectivity index (χ0v) is 8.97. The number of anilines is 1. The van der Waals surface area contributed by atoms with E-state index in [1.54, 1.807) is 11.1 Å². The third-order valence-electron chi connectivity index (χ3n) is 2.69. The van der Waals surface area contributed by atoms with Crippen LogP contribution >= 0.6 is 0 Å². The molecule has 2 rings (SSSR count). The van der Waals surface area contributed by atoms with Crippen molar-refractivity contribution in [3.63, 3.8) is 0 Å². The Kier molecular flexibility index (Phi) is 3.17. The number of aliphatic hydroxyl groups is 1. The van der Waals surface area contributed by atoms with Gasteiger partial charge in [-0.25, -0.2) is 4.98 Å². The summed E-state index contributed by atoms with van der Waals surface area (Å²) in [5, 5.41) is 8.81. The summed E-state index contributed by atoms with van der Waals surface area (Å²) in [5.74, 6) is 0.572. The largest absolute Gasteiger partial charge is 0.396 e. The van der Waals surface area contributed by atoms with E-state index in [9.17, 15) is 4.79 Å². The van der Waals surface area contributed by atoms with Crippen molar-refractivity contribution in [2.75, 3.05) is 18.1 Å². The van der Waals surface area contributed by atoms with Gasteiger partial charge in [0, 0.05) is 25.8 Å². The highest BCUT2D eigenvalue weighted by atomic mass is 16.3. The van der Waals surface area contributed by atoms with Gasteiger partial charge < -0.3 is 10.8 Å². The average Bonchev–Trinajstić information content (AvgIpc) is 2.30. The van der Waals surface area contributed by atoms with Crippen molar-refractivity contribution in [3.05, 3.63) is 23.9 Å². The van der Waals surface area contributed by atoms with Gasteiger partial charge in [0.25, 0.3) is 0 Å². The molecule has 5 nitrogen and oxygen atoms in total. The summed E-state index contributed by atoms with van der Waals surface area (Å²) in [7, 11) is 0. The first-order valence-electron chi connectivity index (χ1n) is 5.35. The fourth-order valence-electron chi connectivity index (χ4n) is 1.91. The van der Waals surface area contributed by atoms with Crippen LogP contribution in [0.25, 0.3) is 0 Å². The summed E-state index contributed by atoms with van der Waals surface area (Å²) in [6, 6.07) is 3.28. The Balaban J connectivity index is 2.30. The molecule has 1 aromatic heterocycles. The van der Waals surface area contributed by atoms with Gasteiger partial charge in [-0.3, -0.25) is 9.69 Å². The normalized spacial score (nSPS) is 19.8. The molecule has 1 unspecified atom stereocenters. The molecule has 1 amide bonds. The lowest BCUT2D eigenvalue weighted by atomic mass is 10.0. The van der Waals surface area contributed by atoms with Gasteiger partial charge >= 0.3 is 0 Å². The van der Waals surface area contributed by atoms with E-state index < -0.39 is 6.04 Å². The molecule has 2 heterocycles. The molecule has 0 aliphatic carbocycles. The summed E-state index contributed by atoms with van der Waals surface area (Å²) in [4.78, 5) is 17.6. The highest BCUT2D eigenvalue weighted by Gasteiger charge is 2.30. The van der Waals surface area contributed by atoms with Gasteiger partial charge in [0.15, 0.2) is 0 Å². The van der Waals surface area contributed by atoms with Crippen molar-refractivity contribution in [1.29, 1.82) is 0 Å². The van der Waals surface area contributed by atoms with Gasteiger partial charge in [-0.2, -0.15) is 0 Å². The summed E-state index contributed by atoms with van der Waals surface area (Å²) in [6.07, 6.45) is 2.74. The summed E-state index contributed by atoms with van der Waals surface area (Å²) < 4.78 is 0. The molecule has 1 aliphatic rings. The fourth-order valence-corrected chi connectivity index (χ4v) is 1.91. The summed E-state index contributed by atoms with van der Waals surface area (Å²) in [5.41, 5.74) is 6.77. The molecule has 0 spiro atoms. The van der Waals surface area contributed by atoms with Gasteiger partial charge in [-0.15, -0.1) is 0 Å². The summed E-state index contributed by atoms with van der Waals surface area (Å²) >= 11 is 0. The third kappa shape index (κ3) is 1.91. The molecule has 0 radical (unpaired) electrons. The maximum atomic E-state index is 11.9. The third-order valence-corrected chi connectivity index (χ3v) is 2.69. The number of rotatable bonds is 3. The number of nitrogens with two attached hydrogens (primary N) is 1. The highest BCUT2D eigenvalue weighted by molar-refractivity contribution is 5.99. The van der Waals surface area contributed by atoms with Crippen molar-refractivity contribution in [2.45, 2.75) is 18.9 Å². The molecular formula is C11H15N3O2. The van der Waals surface area contributed by atoms with Crippen molar-refractivity contribution in [2.24, 2.45) is 5.73 Å². The van der Waals surface area contributed by atoms with E-state index in [2.05, 4.69) is 4.98 Å². The number of fused-ring (bicyclic) bond motifs is 1. The second kappa shape index (κ2) is 4.59. The number of aromatic nitrogens is 1. The van der Waals surface area contributed by atoms with Crippen LogP contribution in [0.5, 0.6) is 0 Å². The molecule has 86 valence electrons. The van der Waals surface area contributed by atoms with Gasteiger partial charge in [-0.1, -0.05) is 6.07 Å². The number of hydrogen-bond acceptors (Lipinski definition) is 4. The second-order valence-corrected chi connectivity index (χ2v) is 3.86. The number of amides is 1. The molecule has 0 fully saturated rings. The minimum Gasteiger partial charge on any atom is -0.396 e.